The normalized spacial score (nSPS) is 11.3. The molecule has 6 nitrogen and oxygen atoms in total. The molecule has 1 rings (SSSR count). The number of nitrogens with zero attached hydrogens (tertiary/aromatic N) is 2. The molecule has 0 aliphatic heterocycles. The highest BCUT2D eigenvalue weighted by molar-refractivity contribution is 6.06. The maximum atomic E-state index is 11.7. The van der Waals surface area contributed by atoms with Crippen LogP contribution in [0.25, 0.3) is 0 Å². The highest BCUT2D eigenvalue weighted by Crippen LogP contribution is 2.07. The summed E-state index contributed by atoms with van der Waals surface area (Å²) in [5.74, 6) is 0. The number of carbonyl (C=O) groups is 1. The summed E-state index contributed by atoms with van der Waals surface area (Å²) in [6.07, 6.45) is 0.403. The van der Waals surface area contributed by atoms with Crippen LogP contribution in [-0.2, 0) is 4.74 Å². The summed E-state index contributed by atoms with van der Waals surface area (Å²) in [4.78, 5) is 34.9. The van der Waals surface area contributed by atoms with E-state index in [0.29, 0.717) is 5.56 Å². The Labute approximate surface area is 99.3 Å². The summed E-state index contributed by atoms with van der Waals surface area (Å²) in [6, 6.07) is 0. The first kappa shape index (κ1) is 13.3. The molecule has 1 heterocycles. The Morgan fingerprint density at radius 3 is 2.35 bits per heavy atom. The third kappa shape index (κ3) is 2.86. The molecule has 0 aromatic carbocycles. The lowest BCUT2D eigenvalue weighted by atomic mass is 10.2. The summed E-state index contributed by atoms with van der Waals surface area (Å²) in [6.45, 7) is 6.63. The Morgan fingerprint density at radius 1 is 1.35 bits per heavy atom. The monoisotopic (exact) mass is 238 g/mol. The third-order valence-corrected chi connectivity index (χ3v) is 2.05. The van der Waals surface area contributed by atoms with E-state index in [1.165, 1.54) is 21.1 Å². The van der Waals surface area contributed by atoms with Crippen LogP contribution in [0.3, 0.4) is 0 Å². The fourth-order valence-corrected chi connectivity index (χ4v) is 1.26. The minimum absolute atomic E-state index is 0.304. The zero-order valence-corrected chi connectivity index (χ0v) is 10.6. The van der Waals surface area contributed by atoms with Crippen molar-refractivity contribution in [1.29, 1.82) is 0 Å². The molecule has 1 aromatic heterocycles. The van der Waals surface area contributed by atoms with Gasteiger partial charge in [0.05, 0.1) is 0 Å². The molecule has 0 radical (unpaired) electrons. The molecule has 1 aromatic rings. The van der Waals surface area contributed by atoms with Crippen LogP contribution in [0.4, 0.5) is 4.79 Å². The van der Waals surface area contributed by atoms with Crippen LogP contribution in [0.2, 0.25) is 0 Å². The molecule has 0 saturated heterocycles. The standard InChI is InChI=1S/C10H15BN2O4/c1-6-5-12(8(15)13(11)7(6)14)9(16)17-10(2,3)4/h5H,11H2,1-4H3. The van der Waals surface area contributed by atoms with Crippen molar-refractivity contribution in [3.05, 3.63) is 32.6 Å². The summed E-state index contributed by atoms with van der Waals surface area (Å²) >= 11 is 0. The van der Waals surface area contributed by atoms with E-state index in [0.717, 1.165) is 9.05 Å². The van der Waals surface area contributed by atoms with Gasteiger partial charge in [-0.05, 0) is 27.7 Å². The van der Waals surface area contributed by atoms with Gasteiger partial charge in [0.1, 0.15) is 5.60 Å². The number of rotatable bonds is 0. The molecule has 0 unspecified atom stereocenters. The average molecular weight is 238 g/mol. The van der Waals surface area contributed by atoms with Crippen LogP contribution >= 0.6 is 0 Å². The van der Waals surface area contributed by atoms with Gasteiger partial charge in [-0.3, -0.25) is 4.79 Å². The number of carbonyl (C=O) groups excluding carboxylic acids is 1. The largest absolute Gasteiger partial charge is 0.443 e. The van der Waals surface area contributed by atoms with Crippen molar-refractivity contribution >= 4 is 14.1 Å². The Kier molecular flexibility index (Phi) is 3.31. The van der Waals surface area contributed by atoms with Gasteiger partial charge < -0.3 is 9.21 Å². The Balaban J connectivity index is 3.30. The van der Waals surface area contributed by atoms with Crippen molar-refractivity contribution in [1.82, 2.24) is 9.05 Å². The Morgan fingerprint density at radius 2 is 1.88 bits per heavy atom. The molecule has 0 aliphatic rings. The third-order valence-electron chi connectivity index (χ3n) is 2.05. The molecule has 0 atom stereocenters. The van der Waals surface area contributed by atoms with E-state index in [9.17, 15) is 14.4 Å². The quantitative estimate of drug-likeness (QED) is 0.571. The molecule has 0 fully saturated rings. The van der Waals surface area contributed by atoms with E-state index in [-0.39, 0.29) is 0 Å². The van der Waals surface area contributed by atoms with Gasteiger partial charge in [-0.1, -0.05) is 0 Å². The number of aromatic nitrogens is 2. The zero-order valence-electron chi connectivity index (χ0n) is 10.6. The highest BCUT2D eigenvalue weighted by atomic mass is 16.6. The molecule has 0 amide bonds. The van der Waals surface area contributed by atoms with E-state index in [2.05, 4.69) is 0 Å². The average Bonchev–Trinajstić information content (AvgIpc) is 2.17. The predicted molar refractivity (Wildman–Crippen MR) is 65.3 cm³/mol. The molecule has 0 N–H and O–H groups in total. The fraction of sp³-hybridized carbons (Fsp3) is 0.500. The maximum Gasteiger partial charge on any atom is 0.422 e. The maximum absolute atomic E-state index is 11.7. The van der Waals surface area contributed by atoms with Crippen molar-refractivity contribution in [3.63, 3.8) is 0 Å². The summed E-state index contributed by atoms with van der Waals surface area (Å²) in [5.41, 5.74) is -1.53. The summed E-state index contributed by atoms with van der Waals surface area (Å²) in [7, 11) is 1.32. The number of hydrogen-bond donors (Lipinski definition) is 0. The molecule has 92 valence electrons. The lowest BCUT2D eigenvalue weighted by Gasteiger charge is -2.20. The predicted octanol–water partition coefficient (Wildman–Crippen LogP) is -0.502. The van der Waals surface area contributed by atoms with Gasteiger partial charge in [-0.25, -0.2) is 14.2 Å². The first-order valence-electron chi connectivity index (χ1n) is 5.16. The van der Waals surface area contributed by atoms with Gasteiger partial charge in [-0.2, -0.15) is 0 Å². The molecule has 0 bridgehead atoms. The summed E-state index contributed by atoms with van der Waals surface area (Å²) < 4.78 is 6.73. The number of ether oxygens (including phenoxy) is 1. The second-order valence-electron chi connectivity index (χ2n) is 4.81. The molecular weight excluding hydrogens is 223 g/mol. The van der Waals surface area contributed by atoms with Crippen molar-refractivity contribution in [2.24, 2.45) is 0 Å². The van der Waals surface area contributed by atoms with E-state index >= 15 is 0 Å². The van der Waals surface area contributed by atoms with Crippen molar-refractivity contribution < 1.29 is 9.53 Å². The van der Waals surface area contributed by atoms with E-state index in [1.54, 1.807) is 20.8 Å². The first-order valence-corrected chi connectivity index (χ1v) is 5.16. The molecule has 17 heavy (non-hydrogen) atoms. The smallest absolute Gasteiger partial charge is 0.422 e. The minimum atomic E-state index is -0.791. The van der Waals surface area contributed by atoms with E-state index in [4.69, 9.17) is 4.74 Å². The van der Waals surface area contributed by atoms with Crippen LogP contribution in [0.5, 0.6) is 0 Å². The van der Waals surface area contributed by atoms with Gasteiger partial charge in [-0.15, -0.1) is 0 Å². The van der Waals surface area contributed by atoms with Gasteiger partial charge in [0, 0.05) is 11.8 Å². The topological polar surface area (TPSA) is 70.3 Å². The van der Waals surface area contributed by atoms with Crippen LogP contribution < -0.4 is 11.2 Å². The van der Waals surface area contributed by atoms with Crippen LogP contribution in [0, 0.1) is 6.92 Å². The second kappa shape index (κ2) is 4.23. The van der Waals surface area contributed by atoms with Gasteiger partial charge in [0.15, 0.2) is 0 Å². The zero-order chi connectivity index (χ0) is 13.4. The van der Waals surface area contributed by atoms with Gasteiger partial charge in [0.25, 0.3) is 0 Å². The van der Waals surface area contributed by atoms with E-state index < -0.39 is 22.9 Å². The first-order chi connectivity index (χ1) is 7.63. The molecule has 0 spiro atoms. The van der Waals surface area contributed by atoms with Gasteiger partial charge >= 0.3 is 11.8 Å². The van der Waals surface area contributed by atoms with Crippen molar-refractivity contribution in [2.45, 2.75) is 33.3 Å². The molecule has 7 heteroatoms. The summed E-state index contributed by atoms with van der Waals surface area (Å²) in [5, 5.41) is 0. The molecule has 0 saturated carbocycles. The Bertz CT molecular complexity index is 565. The highest BCUT2D eigenvalue weighted by Gasteiger charge is 2.20. The number of hydrogen-bond acceptors (Lipinski definition) is 4. The molecule has 0 aliphatic carbocycles. The van der Waals surface area contributed by atoms with Crippen LogP contribution in [0.15, 0.2) is 15.8 Å². The van der Waals surface area contributed by atoms with Crippen LogP contribution in [-0.4, -0.2) is 28.7 Å². The molecular formula is C10H15BN2O4. The lowest BCUT2D eigenvalue weighted by Crippen LogP contribution is -2.43. The van der Waals surface area contributed by atoms with E-state index in [1.807, 2.05) is 0 Å². The van der Waals surface area contributed by atoms with Crippen molar-refractivity contribution in [3.8, 4) is 0 Å². The van der Waals surface area contributed by atoms with Crippen molar-refractivity contribution in [2.75, 3.05) is 0 Å². The Hall–Kier alpha value is -1.79. The SMILES string of the molecule is Bn1c(=O)c(C)cn(C(=O)OC(C)(C)C)c1=O. The van der Waals surface area contributed by atoms with Crippen LogP contribution in [0.1, 0.15) is 26.3 Å². The minimum Gasteiger partial charge on any atom is -0.443 e. The fourth-order valence-electron chi connectivity index (χ4n) is 1.26. The van der Waals surface area contributed by atoms with Gasteiger partial charge in [0.2, 0.25) is 13.5 Å². The lowest BCUT2D eigenvalue weighted by molar-refractivity contribution is 0.0527. The second-order valence-corrected chi connectivity index (χ2v) is 4.81. The number of aryl methyl sites for hydroxylation is 1.